The molecule has 0 N–H and O–H groups in total. The van der Waals surface area contributed by atoms with Gasteiger partial charge in [0.1, 0.15) is 0 Å². The van der Waals surface area contributed by atoms with Crippen molar-refractivity contribution in [2.24, 2.45) is 0 Å². The van der Waals surface area contributed by atoms with Crippen LogP contribution in [0.4, 0.5) is 0 Å². The predicted octanol–water partition coefficient (Wildman–Crippen LogP) is 2.21. The van der Waals surface area contributed by atoms with Crippen molar-refractivity contribution in [3.05, 3.63) is 0 Å². The second-order valence-electron chi connectivity index (χ2n) is 4.34. The Balaban J connectivity index is 1.57. The molecule has 0 aromatic heterocycles. The standard InChI is InChI=1S/O18P4/c1-5-19(6-1)13-20(7-2-8-20)16-21(14-19,9-3-10-21)18-22(15-19,17-20)11-4-12-22. The van der Waals surface area contributed by atoms with Gasteiger partial charge in [0.15, 0.2) is 0 Å². The van der Waals surface area contributed by atoms with Crippen LogP contribution in [-0.4, -0.2) is 0 Å². The molecule has 0 aromatic rings. The number of hydrogen-bond acceptors (Lipinski definition) is 18. The Morgan fingerprint density at radius 2 is 0.455 bits per heavy atom. The molecule has 0 amide bonds. The third kappa shape index (κ3) is 1.06. The van der Waals surface area contributed by atoms with Crippen molar-refractivity contribution in [3.63, 3.8) is 0 Å². The SMILES string of the molecule is O1OP23(O1)OP14(OOO1)OP1(OOO1)(O2)OP1(OOO1)(O3)O4. The molecule has 128 valence electrons. The van der Waals surface area contributed by atoms with Gasteiger partial charge in [0.2, 0.25) is 0 Å². The van der Waals surface area contributed by atoms with E-state index in [1.807, 2.05) is 0 Å². The fourth-order valence-electron chi connectivity index (χ4n) is 2.23. The van der Waals surface area contributed by atoms with Gasteiger partial charge in [-0.15, -0.1) is 0 Å². The first-order valence-electron chi connectivity index (χ1n) is 4.98. The molecule has 0 aliphatic carbocycles. The molecule has 0 saturated carbocycles. The van der Waals surface area contributed by atoms with Crippen molar-refractivity contribution < 1.29 is 83.4 Å². The molecule has 8 aliphatic heterocycles. The molecule has 4 spiro atoms. The predicted molar refractivity (Wildman–Crippen MR) is 47.2 cm³/mol. The topological polar surface area (TPSA) is 166 Å². The van der Waals surface area contributed by atoms with Crippen LogP contribution in [0.25, 0.3) is 0 Å². The minimum absolute atomic E-state index is 4.16. The average Bonchev–Trinajstić information content (AvgIpc) is 2.32. The Hall–Kier alpha value is 1.000. The Morgan fingerprint density at radius 1 is 0.273 bits per heavy atom. The number of rotatable bonds is 0. The molecular weight excluding hydrogens is 412 g/mol. The Kier molecular flexibility index (Phi) is 1.68. The van der Waals surface area contributed by atoms with Crippen molar-refractivity contribution in [1.82, 2.24) is 0 Å². The van der Waals surface area contributed by atoms with E-state index in [-0.39, 0.29) is 0 Å². The van der Waals surface area contributed by atoms with Crippen molar-refractivity contribution in [2.75, 3.05) is 0 Å². The second kappa shape index (κ2) is 2.79. The van der Waals surface area contributed by atoms with Gasteiger partial charge in [-0.2, -0.15) is 0 Å². The zero-order valence-electron chi connectivity index (χ0n) is 9.14. The van der Waals surface area contributed by atoms with Gasteiger partial charge in [-0.05, 0) is 0 Å². The summed E-state index contributed by atoms with van der Waals surface area (Å²) in [6.07, 6.45) is 0. The third-order valence-electron chi connectivity index (χ3n) is 2.82. The summed E-state index contributed by atoms with van der Waals surface area (Å²) in [6, 6.07) is 0. The molecule has 8 rings (SSSR count). The molecule has 0 unspecified atom stereocenters. The van der Waals surface area contributed by atoms with E-state index in [9.17, 15) is 0 Å². The fourth-order valence-corrected chi connectivity index (χ4v) is 20.8. The van der Waals surface area contributed by atoms with E-state index < -0.39 is 31.0 Å². The van der Waals surface area contributed by atoms with Gasteiger partial charge >= 0.3 is 114 Å². The first-order chi connectivity index (χ1) is 10.3. The van der Waals surface area contributed by atoms with E-state index >= 15 is 0 Å². The normalized spacial score (nSPS) is 56.0. The summed E-state index contributed by atoms with van der Waals surface area (Å²) in [4.78, 5) is 0. The van der Waals surface area contributed by atoms with E-state index in [2.05, 4.69) is 20.2 Å². The zero-order valence-corrected chi connectivity index (χ0v) is 12.7. The summed E-state index contributed by atoms with van der Waals surface area (Å²) in [7, 11) is -20.8. The van der Waals surface area contributed by atoms with E-state index in [4.69, 9.17) is 63.3 Å². The maximum absolute atomic E-state index is 5.28. The molecule has 18 nitrogen and oxygen atoms in total. The maximum atomic E-state index is 5.28. The fraction of sp³-hybridized carbons (Fsp3) is 0. The van der Waals surface area contributed by atoms with Crippen LogP contribution in [0.2, 0.25) is 0 Å². The Bertz CT molecular complexity index is 486. The zero-order chi connectivity index (χ0) is 14.5. The van der Waals surface area contributed by atoms with Crippen LogP contribution >= 0.6 is 31.0 Å². The quantitative estimate of drug-likeness (QED) is 0.419. The van der Waals surface area contributed by atoms with Gasteiger partial charge in [-0.25, -0.2) is 0 Å². The van der Waals surface area contributed by atoms with Crippen LogP contribution in [0.15, 0.2) is 0 Å². The summed E-state index contributed by atoms with van der Waals surface area (Å²) >= 11 is 0. The minimum atomic E-state index is -5.19. The first kappa shape index (κ1) is 13.2. The van der Waals surface area contributed by atoms with Gasteiger partial charge in [0.25, 0.3) is 0 Å². The van der Waals surface area contributed by atoms with Gasteiger partial charge in [-0.3, -0.25) is 0 Å². The monoisotopic (exact) mass is 412 g/mol. The van der Waals surface area contributed by atoms with Gasteiger partial charge in [0.05, 0.1) is 0 Å². The molecule has 4 bridgehead atoms. The molecule has 22 heavy (non-hydrogen) atoms. The van der Waals surface area contributed by atoms with Crippen LogP contribution in [0.5, 0.6) is 0 Å². The van der Waals surface area contributed by atoms with Crippen molar-refractivity contribution in [3.8, 4) is 0 Å². The van der Waals surface area contributed by atoms with Crippen LogP contribution < -0.4 is 0 Å². The molecule has 8 fully saturated rings. The van der Waals surface area contributed by atoms with E-state index in [0.717, 1.165) is 0 Å². The van der Waals surface area contributed by atoms with E-state index in [1.54, 1.807) is 0 Å². The molecule has 0 aromatic carbocycles. The van der Waals surface area contributed by atoms with E-state index in [1.165, 1.54) is 0 Å². The number of hydrogen-bond donors (Lipinski definition) is 0. The summed E-state index contributed by atoms with van der Waals surface area (Å²) in [5.41, 5.74) is 0. The van der Waals surface area contributed by atoms with Crippen LogP contribution in [0.3, 0.4) is 0 Å². The summed E-state index contributed by atoms with van der Waals surface area (Å²) in [5.74, 6) is 0. The van der Waals surface area contributed by atoms with Gasteiger partial charge in [-0.1, -0.05) is 0 Å². The Morgan fingerprint density at radius 3 is 0.545 bits per heavy atom. The van der Waals surface area contributed by atoms with Gasteiger partial charge < -0.3 is 0 Å². The van der Waals surface area contributed by atoms with Crippen LogP contribution in [-0.2, 0) is 83.4 Å². The molecular formula is O18P4. The summed E-state index contributed by atoms with van der Waals surface area (Å²) in [6.45, 7) is 0. The summed E-state index contributed by atoms with van der Waals surface area (Å²) in [5, 5.41) is 16.6. The second-order valence-corrected chi connectivity index (χ2v) is 15.4. The van der Waals surface area contributed by atoms with Gasteiger partial charge in [0, 0.05) is 0 Å². The third-order valence-corrected chi connectivity index (χ3v) is 18.1. The first-order valence-corrected chi connectivity index (χ1v) is 12.3. The summed E-state index contributed by atoms with van der Waals surface area (Å²) < 4.78 is 69.7. The van der Waals surface area contributed by atoms with Crippen LogP contribution in [0, 0.1) is 0 Å². The Labute approximate surface area is 115 Å². The average molecular weight is 412 g/mol. The van der Waals surface area contributed by atoms with Crippen molar-refractivity contribution in [2.45, 2.75) is 0 Å². The molecule has 8 saturated heterocycles. The molecule has 22 heteroatoms. The molecule has 0 radical (unpaired) electrons. The molecule has 8 heterocycles. The van der Waals surface area contributed by atoms with Crippen molar-refractivity contribution >= 4 is 31.0 Å². The molecule has 0 atom stereocenters. The molecule has 8 aliphatic rings. The van der Waals surface area contributed by atoms with E-state index in [0.29, 0.717) is 0 Å². The van der Waals surface area contributed by atoms with Crippen molar-refractivity contribution in [1.29, 1.82) is 0 Å². The van der Waals surface area contributed by atoms with Crippen LogP contribution in [0.1, 0.15) is 0 Å².